The lowest BCUT2D eigenvalue weighted by atomic mass is 9.87. The molecule has 2 aromatic carbocycles. The summed E-state index contributed by atoms with van der Waals surface area (Å²) in [6.07, 6.45) is 1.74. The third-order valence-electron chi connectivity index (χ3n) is 6.12. The lowest BCUT2D eigenvalue weighted by Crippen LogP contribution is -2.56. The highest BCUT2D eigenvalue weighted by Gasteiger charge is 2.41. The molecule has 0 unspecified atom stereocenters. The molecule has 1 fully saturated rings. The largest absolute Gasteiger partial charge is 0.508 e. The third-order valence-corrected chi connectivity index (χ3v) is 6.12. The van der Waals surface area contributed by atoms with E-state index in [9.17, 15) is 9.90 Å². The van der Waals surface area contributed by atoms with Gasteiger partial charge in [-0.2, -0.15) is 0 Å². The molecule has 1 amide bonds. The van der Waals surface area contributed by atoms with Crippen LogP contribution in [-0.4, -0.2) is 53.8 Å². The average Bonchev–Trinajstić information content (AvgIpc) is 2.80. The van der Waals surface area contributed by atoms with E-state index in [4.69, 9.17) is 14.5 Å². The van der Waals surface area contributed by atoms with Gasteiger partial charge in [0, 0.05) is 49.7 Å². The first kappa shape index (κ1) is 22.1. The predicted molar refractivity (Wildman–Crippen MR) is 123 cm³/mol. The van der Waals surface area contributed by atoms with Crippen molar-refractivity contribution in [2.45, 2.75) is 44.8 Å². The molecule has 1 saturated heterocycles. The number of carbonyl (C=O) groups is 1. The van der Waals surface area contributed by atoms with Crippen LogP contribution in [0.5, 0.6) is 11.5 Å². The first-order chi connectivity index (χ1) is 15.5. The lowest BCUT2D eigenvalue weighted by Gasteiger charge is -2.45. The Balaban J connectivity index is 1.63. The molecule has 2 aliphatic heterocycles. The number of piperidine rings is 1. The van der Waals surface area contributed by atoms with Crippen molar-refractivity contribution in [3.63, 3.8) is 0 Å². The maximum atomic E-state index is 12.2. The van der Waals surface area contributed by atoms with Gasteiger partial charge in [-0.05, 0) is 49.7 Å². The number of phenols is 1. The van der Waals surface area contributed by atoms with Crippen molar-refractivity contribution in [3.05, 3.63) is 59.7 Å². The number of para-hydroxylation sites is 1. The monoisotopic (exact) mass is 437 g/mol. The molecule has 7 nitrogen and oxygen atoms in total. The number of amides is 1. The molecule has 4 rings (SSSR count). The molecule has 0 aliphatic carbocycles. The van der Waals surface area contributed by atoms with E-state index in [-0.39, 0.29) is 17.9 Å². The molecular formula is C25H31N3O4. The van der Waals surface area contributed by atoms with E-state index in [0.717, 1.165) is 22.6 Å². The highest BCUT2D eigenvalue weighted by atomic mass is 16.6. The van der Waals surface area contributed by atoms with E-state index in [0.29, 0.717) is 45.6 Å². The summed E-state index contributed by atoms with van der Waals surface area (Å²) in [7, 11) is 0. The maximum absolute atomic E-state index is 12.2. The number of nitrogens with one attached hydrogen (secondary N) is 1. The summed E-state index contributed by atoms with van der Waals surface area (Å²) in [5, 5.41) is 14.2. The van der Waals surface area contributed by atoms with Gasteiger partial charge < -0.3 is 19.5 Å². The van der Waals surface area contributed by atoms with Crippen LogP contribution in [-0.2, 0) is 4.74 Å². The molecule has 1 spiro atoms. The molecule has 7 heteroatoms. The SMILES string of the molecule is CCOC(=O)N1CCC2(CC1)N=C(c1ccc(OCC)cc1)C[C@H](c1ccccc1O)N2. The minimum absolute atomic E-state index is 0.0792. The normalized spacial score (nSPS) is 20.0. The van der Waals surface area contributed by atoms with Crippen molar-refractivity contribution in [1.82, 2.24) is 10.2 Å². The zero-order valence-electron chi connectivity index (χ0n) is 18.7. The summed E-state index contributed by atoms with van der Waals surface area (Å²) in [6, 6.07) is 15.4. The van der Waals surface area contributed by atoms with Crippen molar-refractivity contribution in [1.29, 1.82) is 0 Å². The fourth-order valence-corrected chi connectivity index (χ4v) is 4.50. The van der Waals surface area contributed by atoms with E-state index in [1.165, 1.54) is 0 Å². The number of benzene rings is 2. The number of rotatable bonds is 5. The number of hydrogen-bond donors (Lipinski definition) is 2. The van der Waals surface area contributed by atoms with Crippen molar-refractivity contribution in [3.8, 4) is 11.5 Å². The molecule has 1 atom stereocenters. The summed E-state index contributed by atoms with van der Waals surface area (Å²) in [5.74, 6) is 1.11. The summed E-state index contributed by atoms with van der Waals surface area (Å²) >= 11 is 0. The molecule has 2 aromatic rings. The minimum Gasteiger partial charge on any atom is -0.508 e. The number of hydrogen-bond acceptors (Lipinski definition) is 6. The fourth-order valence-electron chi connectivity index (χ4n) is 4.50. The standard InChI is InChI=1S/C25H31N3O4/c1-3-31-19-11-9-18(10-12-19)21-17-22(20-7-5-6-8-23(20)29)27-25(26-21)13-15-28(16-14-25)24(30)32-4-2/h5-12,22,27,29H,3-4,13-17H2,1-2H3/t22-/m1/s1. The summed E-state index contributed by atoms with van der Waals surface area (Å²) in [4.78, 5) is 19.1. The van der Waals surface area contributed by atoms with Crippen LogP contribution in [0.4, 0.5) is 4.79 Å². The molecule has 2 N–H and O–H groups in total. The van der Waals surface area contributed by atoms with Crippen LogP contribution in [0, 0.1) is 0 Å². The average molecular weight is 438 g/mol. The molecule has 0 radical (unpaired) electrons. The lowest BCUT2D eigenvalue weighted by molar-refractivity contribution is 0.0778. The van der Waals surface area contributed by atoms with Gasteiger partial charge in [-0.3, -0.25) is 10.3 Å². The van der Waals surface area contributed by atoms with Gasteiger partial charge in [-0.15, -0.1) is 0 Å². The van der Waals surface area contributed by atoms with E-state index in [1.807, 2.05) is 56.3 Å². The van der Waals surface area contributed by atoms with Crippen molar-refractivity contribution in [2.24, 2.45) is 4.99 Å². The Labute approximate surface area is 189 Å². The van der Waals surface area contributed by atoms with Gasteiger partial charge in [0.25, 0.3) is 0 Å². The van der Waals surface area contributed by atoms with Crippen LogP contribution in [0.3, 0.4) is 0 Å². The molecule has 0 aromatic heterocycles. The van der Waals surface area contributed by atoms with Gasteiger partial charge in [0.1, 0.15) is 17.2 Å². The Kier molecular flexibility index (Phi) is 6.65. The number of carbonyl (C=O) groups excluding carboxylic acids is 1. The molecular weight excluding hydrogens is 406 g/mol. The maximum Gasteiger partial charge on any atom is 0.409 e. The number of ether oxygens (including phenoxy) is 2. The highest BCUT2D eigenvalue weighted by molar-refractivity contribution is 6.02. The number of nitrogens with zero attached hydrogens (tertiary/aromatic N) is 2. The van der Waals surface area contributed by atoms with E-state index < -0.39 is 5.66 Å². The molecule has 0 saturated carbocycles. The zero-order chi connectivity index (χ0) is 22.6. The van der Waals surface area contributed by atoms with Gasteiger partial charge in [-0.1, -0.05) is 18.2 Å². The minimum atomic E-state index is -0.498. The number of aromatic hydroxyl groups is 1. The first-order valence-corrected chi connectivity index (χ1v) is 11.3. The molecule has 0 bridgehead atoms. The predicted octanol–water partition coefficient (Wildman–Crippen LogP) is 4.26. The highest BCUT2D eigenvalue weighted by Crippen LogP contribution is 2.37. The molecule has 32 heavy (non-hydrogen) atoms. The second-order valence-electron chi connectivity index (χ2n) is 8.19. The van der Waals surface area contributed by atoms with Crippen LogP contribution in [0.25, 0.3) is 0 Å². The molecule has 170 valence electrons. The third kappa shape index (κ3) is 4.72. The summed E-state index contributed by atoms with van der Waals surface area (Å²) < 4.78 is 10.8. The zero-order valence-corrected chi connectivity index (χ0v) is 18.7. The Morgan fingerprint density at radius 3 is 2.50 bits per heavy atom. The van der Waals surface area contributed by atoms with Gasteiger partial charge in [0.2, 0.25) is 0 Å². The van der Waals surface area contributed by atoms with Crippen LogP contribution < -0.4 is 10.1 Å². The van der Waals surface area contributed by atoms with Crippen molar-refractivity contribution >= 4 is 11.8 Å². The number of aliphatic imine (C=N–C) groups is 1. The van der Waals surface area contributed by atoms with Gasteiger partial charge in [-0.25, -0.2) is 4.79 Å². The number of likely N-dealkylation sites (tertiary alicyclic amines) is 1. The second-order valence-corrected chi connectivity index (χ2v) is 8.19. The Morgan fingerprint density at radius 2 is 1.84 bits per heavy atom. The molecule has 2 heterocycles. The van der Waals surface area contributed by atoms with E-state index >= 15 is 0 Å². The van der Waals surface area contributed by atoms with Crippen molar-refractivity contribution in [2.75, 3.05) is 26.3 Å². The summed E-state index contributed by atoms with van der Waals surface area (Å²) in [5.41, 5.74) is 2.40. The van der Waals surface area contributed by atoms with Crippen molar-refractivity contribution < 1.29 is 19.4 Å². The Morgan fingerprint density at radius 1 is 1.12 bits per heavy atom. The molecule has 2 aliphatic rings. The van der Waals surface area contributed by atoms with Crippen LogP contribution in [0.1, 0.15) is 50.3 Å². The Hall–Kier alpha value is -3.06. The first-order valence-electron chi connectivity index (χ1n) is 11.3. The van der Waals surface area contributed by atoms with Crippen LogP contribution in [0.2, 0.25) is 0 Å². The Bertz CT molecular complexity index is 965. The fraction of sp³-hybridized carbons (Fsp3) is 0.440. The van der Waals surface area contributed by atoms with Crippen LogP contribution >= 0.6 is 0 Å². The van der Waals surface area contributed by atoms with Gasteiger partial charge in [0.15, 0.2) is 0 Å². The van der Waals surface area contributed by atoms with E-state index in [1.54, 1.807) is 11.0 Å². The smallest absolute Gasteiger partial charge is 0.409 e. The van der Waals surface area contributed by atoms with Crippen LogP contribution in [0.15, 0.2) is 53.5 Å². The quantitative estimate of drug-likeness (QED) is 0.730. The number of phenolic OH excluding ortho intramolecular Hbond substituents is 1. The topological polar surface area (TPSA) is 83.4 Å². The van der Waals surface area contributed by atoms with E-state index in [2.05, 4.69) is 5.32 Å². The summed E-state index contributed by atoms with van der Waals surface area (Å²) in [6.45, 7) is 5.91. The van der Waals surface area contributed by atoms with Gasteiger partial charge >= 0.3 is 6.09 Å². The second kappa shape index (κ2) is 9.61. The van der Waals surface area contributed by atoms with Gasteiger partial charge in [0.05, 0.1) is 13.2 Å².